The van der Waals surface area contributed by atoms with Gasteiger partial charge in [-0.3, -0.25) is 19.2 Å². The number of allylic oxidation sites excluding steroid dienone is 1. The average Bonchev–Trinajstić information content (AvgIpc) is 3.01. The molecule has 0 unspecified atom stereocenters. The molecular formula is C35H52N4O7. The topological polar surface area (TPSA) is 154 Å². The molecule has 0 spiro atoms. The third-order valence-corrected chi connectivity index (χ3v) is 7.86. The SMILES string of the molecule is CCCCCC/C=C\CC(=O)N[C@H](C(=O)N[C@@H]1/C=C/C(=O)N[C@@H](C(C)C)C(=O)N(C)[C@@H](Cc2ccc(O)cc2)C(=O)OC1)C(C)C. The summed E-state index contributed by atoms with van der Waals surface area (Å²) < 4.78 is 5.63. The van der Waals surface area contributed by atoms with Crippen molar-refractivity contribution in [1.29, 1.82) is 0 Å². The lowest BCUT2D eigenvalue weighted by Gasteiger charge is -2.32. The first kappa shape index (κ1) is 38.0. The number of carbonyl (C=O) groups excluding carboxylic acids is 5. The number of cyclic esters (lactones) is 1. The zero-order chi connectivity index (χ0) is 34.2. The fourth-order valence-electron chi connectivity index (χ4n) is 4.98. The highest BCUT2D eigenvalue weighted by Gasteiger charge is 2.35. The first-order valence-corrected chi connectivity index (χ1v) is 16.3. The van der Waals surface area contributed by atoms with Gasteiger partial charge < -0.3 is 30.7 Å². The Morgan fingerprint density at radius 1 is 1.07 bits per heavy atom. The zero-order valence-electron chi connectivity index (χ0n) is 28.1. The lowest BCUT2D eigenvalue weighted by Crippen LogP contribution is -2.56. The van der Waals surface area contributed by atoms with Crippen molar-refractivity contribution in [3.8, 4) is 5.75 Å². The average molecular weight is 641 g/mol. The van der Waals surface area contributed by atoms with E-state index < -0.39 is 47.9 Å². The second-order valence-corrected chi connectivity index (χ2v) is 12.5. The molecule has 11 heteroatoms. The summed E-state index contributed by atoms with van der Waals surface area (Å²) in [4.78, 5) is 67.1. The molecule has 1 heterocycles. The molecule has 0 aliphatic carbocycles. The van der Waals surface area contributed by atoms with Crippen molar-refractivity contribution < 1.29 is 33.8 Å². The second-order valence-electron chi connectivity index (χ2n) is 12.5. The molecule has 0 bridgehead atoms. The van der Waals surface area contributed by atoms with Crippen LogP contribution in [0.1, 0.15) is 78.7 Å². The molecule has 1 aliphatic heterocycles. The molecule has 11 nitrogen and oxygen atoms in total. The van der Waals surface area contributed by atoms with E-state index in [2.05, 4.69) is 22.9 Å². The standard InChI is InChI=1S/C35H52N4O7/c1-7-8-9-10-11-12-13-14-29(41)37-31(23(2)3)33(43)36-26-17-20-30(42)38-32(24(4)5)34(44)39(6)28(35(45)46-22-26)21-25-15-18-27(40)19-16-25/h12-13,15-20,23-24,26,28,31-32,40H,7-11,14,21-22H2,1-6H3,(H,36,43)(H,37,41)(H,38,42)/b13-12-,20-17+/t26-,28+,31+,32+/m1/s1. The predicted octanol–water partition coefficient (Wildman–Crippen LogP) is 3.56. The maximum atomic E-state index is 13.5. The monoisotopic (exact) mass is 640 g/mol. The van der Waals surface area contributed by atoms with E-state index in [0.717, 1.165) is 25.7 Å². The quantitative estimate of drug-likeness (QED) is 0.138. The van der Waals surface area contributed by atoms with Crippen LogP contribution >= 0.6 is 0 Å². The van der Waals surface area contributed by atoms with E-state index in [1.807, 2.05) is 26.0 Å². The number of likely N-dealkylation sites (N-methyl/N-ethyl adjacent to an activating group) is 1. The van der Waals surface area contributed by atoms with Gasteiger partial charge in [-0.15, -0.1) is 0 Å². The number of phenols is 1. The molecule has 0 aromatic heterocycles. The maximum absolute atomic E-state index is 13.5. The molecule has 0 fully saturated rings. The Kier molecular flexibility index (Phi) is 16.0. The summed E-state index contributed by atoms with van der Waals surface area (Å²) in [5.74, 6) is -2.94. The van der Waals surface area contributed by atoms with Crippen LogP contribution in [0.4, 0.5) is 0 Å². The molecule has 2 rings (SSSR count). The van der Waals surface area contributed by atoms with Crippen molar-refractivity contribution in [2.45, 2.75) is 104 Å². The van der Waals surface area contributed by atoms with Gasteiger partial charge >= 0.3 is 5.97 Å². The van der Waals surface area contributed by atoms with Gasteiger partial charge in [-0.1, -0.05) is 84.2 Å². The van der Waals surface area contributed by atoms with Gasteiger partial charge in [0.1, 0.15) is 30.5 Å². The van der Waals surface area contributed by atoms with Gasteiger partial charge in [0.25, 0.3) is 0 Å². The molecule has 0 saturated heterocycles. The first-order chi connectivity index (χ1) is 21.8. The Labute approximate surface area is 273 Å². The molecular weight excluding hydrogens is 588 g/mol. The number of benzene rings is 1. The Morgan fingerprint density at radius 2 is 1.76 bits per heavy atom. The number of carbonyl (C=O) groups is 5. The highest BCUT2D eigenvalue weighted by Crippen LogP contribution is 2.17. The molecule has 4 atom stereocenters. The molecule has 4 amide bonds. The summed E-state index contributed by atoms with van der Waals surface area (Å²) in [6.45, 7) is 9.04. The number of nitrogens with one attached hydrogen (secondary N) is 3. The van der Waals surface area contributed by atoms with Gasteiger partial charge in [0.2, 0.25) is 23.6 Å². The van der Waals surface area contributed by atoms with Gasteiger partial charge in [-0.05, 0) is 42.4 Å². The summed E-state index contributed by atoms with van der Waals surface area (Å²) in [6, 6.07) is 2.55. The van der Waals surface area contributed by atoms with Crippen LogP contribution in [-0.4, -0.2) is 77.4 Å². The van der Waals surface area contributed by atoms with Gasteiger partial charge in [0, 0.05) is 26.0 Å². The van der Waals surface area contributed by atoms with Crippen molar-refractivity contribution in [2.24, 2.45) is 11.8 Å². The molecule has 1 aliphatic rings. The number of hydrogen-bond donors (Lipinski definition) is 4. The van der Waals surface area contributed by atoms with E-state index in [1.54, 1.807) is 26.0 Å². The molecule has 1 aromatic rings. The van der Waals surface area contributed by atoms with Gasteiger partial charge in [-0.2, -0.15) is 0 Å². The van der Waals surface area contributed by atoms with E-state index >= 15 is 0 Å². The normalized spacial score (nSPS) is 20.9. The van der Waals surface area contributed by atoms with Crippen molar-refractivity contribution in [1.82, 2.24) is 20.9 Å². The number of aromatic hydroxyl groups is 1. The smallest absolute Gasteiger partial charge is 0.329 e. The van der Waals surface area contributed by atoms with Crippen LogP contribution in [0.15, 0.2) is 48.6 Å². The van der Waals surface area contributed by atoms with E-state index in [0.29, 0.717) is 5.56 Å². The molecule has 46 heavy (non-hydrogen) atoms. The number of rotatable bonds is 14. The van der Waals surface area contributed by atoms with Crippen LogP contribution in [0.25, 0.3) is 0 Å². The fourth-order valence-corrected chi connectivity index (χ4v) is 4.98. The number of unbranched alkanes of at least 4 members (excludes halogenated alkanes) is 4. The van der Waals surface area contributed by atoms with Gasteiger partial charge in [0.15, 0.2) is 0 Å². The van der Waals surface area contributed by atoms with Crippen molar-refractivity contribution in [2.75, 3.05) is 13.7 Å². The predicted molar refractivity (Wildman–Crippen MR) is 176 cm³/mol. The number of amides is 4. The van der Waals surface area contributed by atoms with Gasteiger partial charge in [0.05, 0.1) is 6.04 Å². The van der Waals surface area contributed by atoms with Crippen LogP contribution < -0.4 is 16.0 Å². The van der Waals surface area contributed by atoms with Crippen LogP contribution in [-0.2, 0) is 35.1 Å². The van der Waals surface area contributed by atoms with E-state index in [9.17, 15) is 29.1 Å². The highest BCUT2D eigenvalue weighted by molar-refractivity contribution is 5.95. The first-order valence-electron chi connectivity index (χ1n) is 16.3. The molecule has 4 N–H and O–H groups in total. The number of nitrogens with zero attached hydrogens (tertiary/aromatic N) is 1. The van der Waals surface area contributed by atoms with Crippen LogP contribution in [0, 0.1) is 11.8 Å². The largest absolute Gasteiger partial charge is 0.508 e. The van der Waals surface area contributed by atoms with E-state index in [-0.39, 0.29) is 42.9 Å². The van der Waals surface area contributed by atoms with Crippen LogP contribution in [0.5, 0.6) is 5.75 Å². The maximum Gasteiger partial charge on any atom is 0.329 e. The van der Waals surface area contributed by atoms with Crippen molar-refractivity contribution in [3.63, 3.8) is 0 Å². The second kappa shape index (κ2) is 19.4. The lowest BCUT2D eigenvalue weighted by molar-refractivity contribution is -0.156. The van der Waals surface area contributed by atoms with Crippen molar-refractivity contribution >= 4 is 29.6 Å². The van der Waals surface area contributed by atoms with Crippen molar-refractivity contribution in [3.05, 3.63) is 54.1 Å². The van der Waals surface area contributed by atoms with Crippen LogP contribution in [0.2, 0.25) is 0 Å². The summed E-state index contributed by atoms with van der Waals surface area (Å²) in [5, 5.41) is 18.0. The Morgan fingerprint density at radius 3 is 2.39 bits per heavy atom. The summed E-state index contributed by atoms with van der Waals surface area (Å²) in [5.41, 5.74) is 0.684. The minimum absolute atomic E-state index is 0.0626. The van der Waals surface area contributed by atoms with Crippen LogP contribution in [0.3, 0.4) is 0 Å². The Balaban J connectivity index is 2.22. The summed E-state index contributed by atoms with van der Waals surface area (Å²) in [7, 11) is 1.48. The van der Waals surface area contributed by atoms with Gasteiger partial charge in [-0.25, -0.2) is 4.79 Å². The molecule has 1 aromatic carbocycles. The number of phenolic OH excluding ortho intramolecular Hbond substituents is 1. The fraction of sp³-hybridized carbons (Fsp3) is 0.571. The zero-order valence-corrected chi connectivity index (χ0v) is 28.1. The van der Waals surface area contributed by atoms with E-state index in [1.165, 1.54) is 42.7 Å². The molecule has 0 radical (unpaired) electrons. The summed E-state index contributed by atoms with van der Waals surface area (Å²) >= 11 is 0. The minimum Gasteiger partial charge on any atom is -0.508 e. The number of ether oxygens (including phenoxy) is 1. The Bertz CT molecular complexity index is 1230. The highest BCUT2D eigenvalue weighted by atomic mass is 16.5. The minimum atomic E-state index is -1.04. The lowest BCUT2D eigenvalue weighted by atomic mass is 9.99. The van der Waals surface area contributed by atoms with E-state index in [4.69, 9.17) is 4.74 Å². The number of esters is 1. The third kappa shape index (κ3) is 12.7. The Hall–Kier alpha value is -4.15. The molecule has 0 saturated carbocycles. The summed E-state index contributed by atoms with van der Waals surface area (Å²) in [6.07, 6.45) is 12.1. The number of hydrogen-bond acceptors (Lipinski definition) is 7. The third-order valence-electron chi connectivity index (χ3n) is 7.86. The molecule has 254 valence electrons.